The second kappa shape index (κ2) is 20.4. The van der Waals surface area contributed by atoms with Crippen molar-refractivity contribution in [3.8, 4) is 0 Å². The average Bonchev–Trinajstić information content (AvgIpc) is 2.60. The highest BCUT2D eigenvalue weighted by Crippen LogP contribution is 2.14. The summed E-state index contributed by atoms with van der Waals surface area (Å²) in [5.74, 6) is -0.819. The lowest BCUT2D eigenvalue weighted by Crippen LogP contribution is -2.24. The van der Waals surface area contributed by atoms with Gasteiger partial charge in [0.05, 0.1) is 0 Å². The van der Waals surface area contributed by atoms with Crippen LogP contribution in [0, 0.1) is 0 Å². The normalized spacial score (nSPS) is 11.3. The molecule has 0 aliphatic rings. The molecule has 0 saturated carbocycles. The number of carbonyl (C=O) groups is 2. The molecule has 5 heteroatoms. The zero-order valence-electron chi connectivity index (χ0n) is 17.1. The van der Waals surface area contributed by atoms with Crippen LogP contribution < -0.4 is 0 Å². The maximum atomic E-state index is 11.9. The van der Waals surface area contributed by atoms with Crippen LogP contribution in [0.4, 0.5) is 0 Å². The first-order valence-corrected chi connectivity index (χ1v) is 10.2. The van der Waals surface area contributed by atoms with Crippen LogP contribution in [0.5, 0.6) is 0 Å². The van der Waals surface area contributed by atoms with E-state index < -0.39 is 12.3 Å². The molecule has 0 amide bonds. The van der Waals surface area contributed by atoms with Gasteiger partial charge in [-0.1, -0.05) is 84.6 Å². The predicted octanol–water partition coefficient (Wildman–Crippen LogP) is 6.14. The molecule has 0 heterocycles. The van der Waals surface area contributed by atoms with Crippen LogP contribution in [0.3, 0.4) is 0 Å². The van der Waals surface area contributed by atoms with Gasteiger partial charge in [-0.25, -0.2) is 4.79 Å². The highest BCUT2D eigenvalue weighted by atomic mass is 31.0. The number of rotatable bonds is 17. The van der Waals surface area contributed by atoms with Crippen LogP contribution in [0.1, 0.15) is 104 Å². The van der Waals surface area contributed by atoms with Crippen molar-refractivity contribution < 1.29 is 19.1 Å². The molecule has 0 aliphatic carbocycles. The summed E-state index contributed by atoms with van der Waals surface area (Å²) in [7, 11) is 0. The molecule has 0 radical (unpaired) electrons. The molecule has 0 aromatic rings. The van der Waals surface area contributed by atoms with E-state index in [-0.39, 0.29) is 15.9 Å². The number of hydrogen-bond donors (Lipinski definition) is 0. The number of carbonyl (C=O) groups excluding carboxylic acids is 2. The van der Waals surface area contributed by atoms with E-state index in [1.807, 2.05) is 0 Å². The predicted molar refractivity (Wildman–Crippen MR) is 113 cm³/mol. The summed E-state index contributed by atoms with van der Waals surface area (Å²) in [6, 6.07) is 0. The zero-order chi connectivity index (χ0) is 18.8. The van der Waals surface area contributed by atoms with Crippen LogP contribution in [0.25, 0.3) is 0 Å². The first-order valence-electron chi connectivity index (χ1n) is 10.2. The molecule has 4 nitrogen and oxygen atoms in total. The maximum absolute atomic E-state index is 11.9. The van der Waals surface area contributed by atoms with Gasteiger partial charge < -0.3 is 9.47 Å². The highest BCUT2D eigenvalue weighted by molar-refractivity contribution is 6.92. The Kier molecular flexibility index (Phi) is 21.5. The molecular formula is C21H41O4P. The number of hydrogen-bond acceptors (Lipinski definition) is 4. The molecule has 0 saturated heterocycles. The highest BCUT2D eigenvalue weighted by Gasteiger charge is 2.17. The van der Waals surface area contributed by atoms with Crippen molar-refractivity contribution in [2.75, 3.05) is 0 Å². The molecule has 26 heavy (non-hydrogen) atoms. The molecule has 154 valence electrons. The van der Waals surface area contributed by atoms with Gasteiger partial charge in [0.25, 0.3) is 0 Å². The SMILES string of the molecule is C=CC(=O)OC(CCCCCCCCCC)OC(=O)CCCCCC.P. The quantitative estimate of drug-likeness (QED) is 0.0986. The Hall–Kier alpha value is -0.890. The number of ether oxygens (including phenoxy) is 2. The third-order valence-corrected chi connectivity index (χ3v) is 4.20. The Balaban J connectivity index is 0. The first-order chi connectivity index (χ1) is 12.1. The van der Waals surface area contributed by atoms with Gasteiger partial charge in [0, 0.05) is 18.9 Å². The number of esters is 2. The average molecular weight is 389 g/mol. The minimum Gasteiger partial charge on any atom is -0.425 e. The molecule has 0 rings (SSSR count). The fourth-order valence-corrected chi connectivity index (χ4v) is 2.67. The summed E-state index contributed by atoms with van der Waals surface area (Å²) in [6.07, 6.45) is 15.0. The second-order valence-corrected chi connectivity index (χ2v) is 6.63. The molecule has 0 bridgehead atoms. The smallest absolute Gasteiger partial charge is 0.333 e. The van der Waals surface area contributed by atoms with E-state index in [9.17, 15) is 9.59 Å². The molecular weight excluding hydrogens is 347 g/mol. The van der Waals surface area contributed by atoms with E-state index in [1.54, 1.807) is 0 Å². The molecule has 0 aromatic heterocycles. The summed E-state index contributed by atoms with van der Waals surface area (Å²) >= 11 is 0. The molecule has 0 aromatic carbocycles. The fourth-order valence-electron chi connectivity index (χ4n) is 2.67. The largest absolute Gasteiger partial charge is 0.425 e. The summed E-state index contributed by atoms with van der Waals surface area (Å²) in [6.45, 7) is 7.74. The van der Waals surface area contributed by atoms with E-state index >= 15 is 0 Å². The fraction of sp³-hybridized carbons (Fsp3) is 0.810. The third kappa shape index (κ3) is 17.9. The van der Waals surface area contributed by atoms with E-state index in [0.717, 1.165) is 44.6 Å². The van der Waals surface area contributed by atoms with Crippen LogP contribution in [-0.4, -0.2) is 18.2 Å². The van der Waals surface area contributed by atoms with Crippen LogP contribution >= 0.6 is 9.90 Å². The van der Waals surface area contributed by atoms with Crippen molar-refractivity contribution >= 4 is 21.8 Å². The summed E-state index contributed by atoms with van der Waals surface area (Å²) in [4.78, 5) is 23.3. The lowest BCUT2D eigenvalue weighted by molar-refractivity contribution is -0.185. The maximum Gasteiger partial charge on any atom is 0.333 e. The Bertz CT molecular complexity index is 358. The van der Waals surface area contributed by atoms with Gasteiger partial charge in [0.1, 0.15) is 0 Å². The minimum absolute atomic E-state index is 0. The van der Waals surface area contributed by atoms with Gasteiger partial charge in [0.2, 0.25) is 6.29 Å². The molecule has 2 unspecified atom stereocenters. The van der Waals surface area contributed by atoms with Crippen molar-refractivity contribution in [1.82, 2.24) is 0 Å². The minimum atomic E-state index is -0.774. The Morgan fingerprint density at radius 2 is 1.31 bits per heavy atom. The van der Waals surface area contributed by atoms with Crippen molar-refractivity contribution in [3.05, 3.63) is 12.7 Å². The van der Waals surface area contributed by atoms with E-state index in [1.165, 1.54) is 38.5 Å². The van der Waals surface area contributed by atoms with E-state index in [2.05, 4.69) is 20.4 Å². The molecule has 2 atom stereocenters. The van der Waals surface area contributed by atoms with Gasteiger partial charge in [-0.05, 0) is 12.8 Å². The molecule has 0 N–H and O–H groups in total. The van der Waals surface area contributed by atoms with Crippen LogP contribution in [-0.2, 0) is 19.1 Å². The standard InChI is InChI=1S/C21H38O4.H3P/c1-4-7-9-11-12-13-14-16-18-21(24-19(22)6-3)25-20(23)17-15-10-8-5-2;/h6,21H,3-5,7-18H2,1-2H3;1H3. The van der Waals surface area contributed by atoms with Gasteiger partial charge in [0.15, 0.2) is 0 Å². The van der Waals surface area contributed by atoms with E-state index in [0.29, 0.717) is 12.8 Å². The number of unbranched alkanes of at least 4 members (excludes halogenated alkanes) is 10. The zero-order valence-corrected chi connectivity index (χ0v) is 18.5. The van der Waals surface area contributed by atoms with Crippen LogP contribution in [0.15, 0.2) is 12.7 Å². The molecule has 0 fully saturated rings. The molecule has 0 aliphatic heterocycles. The summed E-state index contributed by atoms with van der Waals surface area (Å²) in [5.41, 5.74) is 0. The first kappa shape index (κ1) is 27.3. The Morgan fingerprint density at radius 1 is 0.808 bits per heavy atom. The van der Waals surface area contributed by atoms with Crippen molar-refractivity contribution in [2.45, 2.75) is 110 Å². The summed E-state index contributed by atoms with van der Waals surface area (Å²) in [5, 5.41) is 0. The van der Waals surface area contributed by atoms with Gasteiger partial charge in [-0.3, -0.25) is 4.79 Å². The third-order valence-electron chi connectivity index (χ3n) is 4.20. The lowest BCUT2D eigenvalue weighted by atomic mass is 10.1. The topological polar surface area (TPSA) is 52.6 Å². The van der Waals surface area contributed by atoms with E-state index in [4.69, 9.17) is 9.47 Å². The van der Waals surface area contributed by atoms with Gasteiger partial charge in [-0.2, -0.15) is 9.90 Å². The van der Waals surface area contributed by atoms with Crippen molar-refractivity contribution in [3.63, 3.8) is 0 Å². The van der Waals surface area contributed by atoms with Crippen molar-refractivity contribution in [1.29, 1.82) is 0 Å². The Morgan fingerprint density at radius 3 is 1.85 bits per heavy atom. The second-order valence-electron chi connectivity index (χ2n) is 6.63. The van der Waals surface area contributed by atoms with Crippen LogP contribution in [0.2, 0.25) is 0 Å². The van der Waals surface area contributed by atoms with Gasteiger partial charge >= 0.3 is 11.9 Å². The van der Waals surface area contributed by atoms with Crippen molar-refractivity contribution in [2.24, 2.45) is 0 Å². The lowest BCUT2D eigenvalue weighted by Gasteiger charge is -2.17. The Labute approximate surface area is 164 Å². The van der Waals surface area contributed by atoms with Gasteiger partial charge in [-0.15, -0.1) is 0 Å². The molecule has 0 spiro atoms. The monoisotopic (exact) mass is 388 g/mol. The summed E-state index contributed by atoms with van der Waals surface area (Å²) < 4.78 is 10.5.